The van der Waals surface area contributed by atoms with Gasteiger partial charge in [-0.1, -0.05) is 18.6 Å². The zero-order chi connectivity index (χ0) is 17.9. The summed E-state index contributed by atoms with van der Waals surface area (Å²) < 4.78 is 37.4. The fraction of sp³-hybridized carbons (Fsp3) is 0.529. The Hall–Kier alpha value is -1.93. The summed E-state index contributed by atoms with van der Waals surface area (Å²) >= 11 is 0. The predicted molar refractivity (Wildman–Crippen MR) is 92.3 cm³/mol. The van der Waals surface area contributed by atoms with Crippen LogP contribution < -0.4 is 0 Å². The molecule has 1 unspecified atom stereocenters. The number of rotatable bonds is 6. The first-order valence-corrected chi connectivity index (χ1v) is 10.0. The third kappa shape index (κ3) is 4.01. The van der Waals surface area contributed by atoms with Gasteiger partial charge in [-0.3, -0.25) is 4.79 Å². The minimum Gasteiger partial charge on any atom is -0.469 e. The fourth-order valence-electron chi connectivity index (χ4n) is 3.14. The summed E-state index contributed by atoms with van der Waals surface area (Å²) in [6, 6.07) is 7.02. The largest absolute Gasteiger partial charge is 0.469 e. The van der Waals surface area contributed by atoms with Crippen molar-refractivity contribution in [3.05, 3.63) is 30.2 Å². The number of hydrogen-bond donors (Lipinski definition) is 0. The first-order chi connectivity index (χ1) is 12.0. The SMILES string of the molecule is COC(=O)CCCS(=O)(=O)N1CCCCC1c1nc2ccccc2o1. The Bertz CT molecular complexity index is 813. The normalized spacial score (nSPS) is 19.2. The van der Waals surface area contributed by atoms with Crippen LogP contribution in [0, 0.1) is 0 Å². The molecule has 0 N–H and O–H groups in total. The van der Waals surface area contributed by atoms with Gasteiger partial charge in [0, 0.05) is 13.0 Å². The van der Waals surface area contributed by atoms with Crippen molar-refractivity contribution in [2.45, 2.75) is 38.1 Å². The van der Waals surface area contributed by atoms with E-state index in [4.69, 9.17) is 4.42 Å². The minimum atomic E-state index is -3.50. The molecular weight excluding hydrogens is 344 g/mol. The second kappa shape index (κ2) is 7.53. The van der Waals surface area contributed by atoms with Crippen LogP contribution in [0.2, 0.25) is 0 Å². The van der Waals surface area contributed by atoms with Crippen molar-refractivity contribution in [2.75, 3.05) is 19.4 Å². The molecule has 25 heavy (non-hydrogen) atoms. The molecule has 136 valence electrons. The van der Waals surface area contributed by atoms with Crippen LogP contribution in [0.3, 0.4) is 0 Å². The van der Waals surface area contributed by atoms with Crippen molar-refractivity contribution in [2.24, 2.45) is 0 Å². The van der Waals surface area contributed by atoms with Crippen LogP contribution in [0.5, 0.6) is 0 Å². The average molecular weight is 366 g/mol. The van der Waals surface area contributed by atoms with Crippen molar-refractivity contribution >= 4 is 27.1 Å². The Labute approximate surface area is 147 Å². The molecule has 1 aromatic heterocycles. The van der Waals surface area contributed by atoms with E-state index in [-0.39, 0.29) is 24.6 Å². The Morgan fingerprint density at radius 1 is 1.36 bits per heavy atom. The molecule has 0 radical (unpaired) electrons. The molecule has 3 rings (SSSR count). The number of aromatic nitrogens is 1. The van der Waals surface area contributed by atoms with Gasteiger partial charge in [0.2, 0.25) is 15.9 Å². The van der Waals surface area contributed by atoms with E-state index in [0.717, 1.165) is 18.4 Å². The van der Waals surface area contributed by atoms with Crippen molar-refractivity contribution in [3.63, 3.8) is 0 Å². The topological polar surface area (TPSA) is 89.7 Å². The molecule has 1 fully saturated rings. The van der Waals surface area contributed by atoms with E-state index in [1.807, 2.05) is 24.3 Å². The molecule has 2 aromatic rings. The van der Waals surface area contributed by atoms with Crippen LogP contribution in [0.1, 0.15) is 44.0 Å². The average Bonchev–Trinajstić information content (AvgIpc) is 3.05. The lowest BCUT2D eigenvalue weighted by atomic mass is 10.1. The molecule has 1 aliphatic heterocycles. The molecular formula is C17H22N2O5S. The number of nitrogens with zero attached hydrogens (tertiary/aromatic N) is 2. The smallest absolute Gasteiger partial charge is 0.305 e. The number of piperidine rings is 1. The first-order valence-electron chi connectivity index (χ1n) is 8.43. The first kappa shape index (κ1) is 17.9. The second-order valence-electron chi connectivity index (χ2n) is 6.14. The Kier molecular flexibility index (Phi) is 5.39. The highest BCUT2D eigenvalue weighted by molar-refractivity contribution is 7.89. The molecule has 0 bridgehead atoms. The number of para-hydroxylation sites is 2. The maximum absolute atomic E-state index is 12.8. The third-order valence-corrected chi connectivity index (χ3v) is 6.37. The van der Waals surface area contributed by atoms with Crippen molar-refractivity contribution < 1.29 is 22.4 Å². The summed E-state index contributed by atoms with van der Waals surface area (Å²) in [5.41, 5.74) is 1.39. The van der Waals surface area contributed by atoms with Crippen molar-refractivity contribution in [1.82, 2.24) is 9.29 Å². The standard InChI is InChI=1S/C17H22N2O5S/c1-23-16(20)10-6-12-25(21,22)19-11-5-4-8-14(19)17-18-13-7-2-3-9-15(13)24-17/h2-3,7,9,14H,4-6,8,10-12H2,1H3. The minimum absolute atomic E-state index is 0.0845. The maximum atomic E-state index is 12.8. The van der Waals surface area contributed by atoms with Crippen LogP contribution in [0.25, 0.3) is 11.1 Å². The van der Waals surface area contributed by atoms with Crippen molar-refractivity contribution in [1.29, 1.82) is 0 Å². The quantitative estimate of drug-likeness (QED) is 0.730. The summed E-state index contributed by atoms with van der Waals surface area (Å²) in [6.07, 6.45) is 2.76. The van der Waals surface area contributed by atoms with E-state index < -0.39 is 16.0 Å². The summed E-state index contributed by atoms with van der Waals surface area (Å²) in [4.78, 5) is 15.7. The van der Waals surface area contributed by atoms with Gasteiger partial charge in [0.1, 0.15) is 11.6 Å². The van der Waals surface area contributed by atoms with Crippen LogP contribution in [0.4, 0.5) is 0 Å². The van der Waals surface area contributed by atoms with Crippen LogP contribution in [-0.2, 0) is 19.6 Å². The van der Waals surface area contributed by atoms with Gasteiger partial charge in [0.05, 0.1) is 12.9 Å². The molecule has 1 aromatic carbocycles. The predicted octanol–water partition coefficient (Wildman–Crippen LogP) is 2.64. The number of benzene rings is 1. The second-order valence-corrected chi connectivity index (χ2v) is 8.18. The van der Waals surface area contributed by atoms with E-state index in [9.17, 15) is 13.2 Å². The summed E-state index contributed by atoms with van der Waals surface area (Å²) in [7, 11) is -2.20. The number of ether oxygens (including phenoxy) is 1. The number of oxazole rings is 1. The lowest BCUT2D eigenvalue weighted by Crippen LogP contribution is -2.40. The zero-order valence-corrected chi connectivity index (χ0v) is 15.0. The highest BCUT2D eigenvalue weighted by atomic mass is 32.2. The summed E-state index contributed by atoms with van der Waals surface area (Å²) in [5.74, 6) is -0.0412. The van der Waals surface area contributed by atoms with Gasteiger partial charge in [0.25, 0.3) is 0 Å². The zero-order valence-electron chi connectivity index (χ0n) is 14.2. The van der Waals surface area contributed by atoms with E-state index in [1.165, 1.54) is 11.4 Å². The van der Waals surface area contributed by atoms with E-state index >= 15 is 0 Å². The number of methoxy groups -OCH3 is 1. The Balaban J connectivity index is 1.79. The van der Waals surface area contributed by atoms with Crippen LogP contribution in [0.15, 0.2) is 28.7 Å². The van der Waals surface area contributed by atoms with Gasteiger partial charge >= 0.3 is 5.97 Å². The van der Waals surface area contributed by atoms with Gasteiger partial charge in [0.15, 0.2) is 5.58 Å². The van der Waals surface area contributed by atoms with Crippen LogP contribution >= 0.6 is 0 Å². The fourth-order valence-corrected chi connectivity index (χ4v) is 4.87. The molecule has 1 aliphatic rings. The number of esters is 1. The van der Waals surface area contributed by atoms with Gasteiger partial charge in [-0.15, -0.1) is 0 Å². The third-order valence-electron chi connectivity index (χ3n) is 4.42. The Morgan fingerprint density at radius 2 is 2.16 bits per heavy atom. The van der Waals surface area contributed by atoms with Gasteiger partial charge in [-0.2, -0.15) is 4.31 Å². The lowest BCUT2D eigenvalue weighted by molar-refractivity contribution is -0.140. The molecule has 8 heteroatoms. The van der Waals surface area contributed by atoms with Gasteiger partial charge in [-0.25, -0.2) is 13.4 Å². The van der Waals surface area contributed by atoms with E-state index in [1.54, 1.807) is 0 Å². The van der Waals surface area contributed by atoms with Gasteiger partial charge < -0.3 is 9.15 Å². The highest BCUT2D eigenvalue weighted by Gasteiger charge is 2.35. The maximum Gasteiger partial charge on any atom is 0.305 e. The molecule has 0 aliphatic carbocycles. The Morgan fingerprint density at radius 3 is 2.92 bits per heavy atom. The molecule has 0 spiro atoms. The van der Waals surface area contributed by atoms with E-state index in [0.29, 0.717) is 24.4 Å². The van der Waals surface area contributed by atoms with Crippen LogP contribution in [-0.4, -0.2) is 43.1 Å². The summed E-state index contributed by atoms with van der Waals surface area (Å²) in [6.45, 7) is 0.448. The summed E-state index contributed by atoms with van der Waals surface area (Å²) in [5, 5.41) is 0. The van der Waals surface area contributed by atoms with E-state index in [2.05, 4.69) is 9.72 Å². The number of hydrogen-bond acceptors (Lipinski definition) is 6. The van der Waals surface area contributed by atoms with Crippen molar-refractivity contribution in [3.8, 4) is 0 Å². The van der Waals surface area contributed by atoms with Gasteiger partial charge in [-0.05, 0) is 31.4 Å². The molecule has 1 atom stereocenters. The molecule has 1 saturated heterocycles. The number of carbonyl (C=O) groups is 1. The monoisotopic (exact) mass is 366 g/mol. The number of carbonyl (C=O) groups excluding carboxylic acids is 1. The highest BCUT2D eigenvalue weighted by Crippen LogP contribution is 2.34. The molecule has 0 saturated carbocycles. The number of sulfonamides is 1. The number of fused-ring (bicyclic) bond motifs is 1. The molecule has 7 nitrogen and oxygen atoms in total. The molecule has 0 amide bonds. The molecule has 2 heterocycles. The lowest BCUT2D eigenvalue weighted by Gasteiger charge is -2.32.